The lowest BCUT2D eigenvalue weighted by Gasteiger charge is -2.17. The van der Waals surface area contributed by atoms with E-state index in [1.54, 1.807) is 0 Å². The van der Waals surface area contributed by atoms with Crippen LogP contribution in [-0.4, -0.2) is 0 Å². The second kappa shape index (κ2) is 3.98. The number of hydrogen-bond acceptors (Lipinski definition) is 2. The molecule has 1 aliphatic rings. The van der Waals surface area contributed by atoms with Gasteiger partial charge in [0.15, 0.2) is 0 Å². The molecule has 3 rings (SSSR count). The van der Waals surface area contributed by atoms with E-state index in [0.29, 0.717) is 11.8 Å². The van der Waals surface area contributed by atoms with Crippen molar-refractivity contribution in [3.63, 3.8) is 0 Å². The topological polar surface area (TPSA) is 30.2 Å². The molecule has 0 aliphatic heterocycles. The molecule has 0 spiro atoms. The molecule has 0 radical (unpaired) electrons. The Morgan fingerprint density at radius 1 is 1.33 bits per heavy atom. The van der Waals surface area contributed by atoms with Crippen LogP contribution < -0.4 is 5.63 Å². The van der Waals surface area contributed by atoms with Crippen molar-refractivity contribution in [2.75, 3.05) is 0 Å². The van der Waals surface area contributed by atoms with E-state index in [0.717, 1.165) is 29.4 Å². The zero-order chi connectivity index (χ0) is 12.9. The molecule has 1 aromatic carbocycles. The van der Waals surface area contributed by atoms with E-state index in [1.165, 1.54) is 11.1 Å². The van der Waals surface area contributed by atoms with Crippen LogP contribution in [0.2, 0.25) is 0 Å². The molecule has 94 valence electrons. The highest BCUT2D eigenvalue weighted by Gasteiger charge is 2.30. The van der Waals surface area contributed by atoms with Gasteiger partial charge in [-0.15, -0.1) is 0 Å². The second-order valence-corrected chi connectivity index (χ2v) is 5.67. The van der Waals surface area contributed by atoms with Gasteiger partial charge < -0.3 is 4.42 Å². The van der Waals surface area contributed by atoms with Gasteiger partial charge in [-0.25, -0.2) is 4.79 Å². The Balaban J connectivity index is 2.39. The molecule has 18 heavy (non-hydrogen) atoms. The maximum absolute atomic E-state index is 12.0. The number of hydrogen-bond donors (Lipinski definition) is 0. The molecule has 1 atom stereocenters. The van der Waals surface area contributed by atoms with Crippen LogP contribution in [0.25, 0.3) is 11.0 Å². The van der Waals surface area contributed by atoms with E-state index in [1.807, 2.05) is 12.1 Å². The van der Waals surface area contributed by atoms with Gasteiger partial charge in [0, 0.05) is 10.9 Å². The van der Waals surface area contributed by atoms with Crippen molar-refractivity contribution in [1.82, 2.24) is 0 Å². The van der Waals surface area contributed by atoms with Gasteiger partial charge in [-0.1, -0.05) is 25.5 Å². The van der Waals surface area contributed by atoms with E-state index in [2.05, 4.69) is 26.8 Å². The number of benzene rings is 1. The zero-order valence-electron chi connectivity index (χ0n) is 11.1. The largest absolute Gasteiger partial charge is 0.423 e. The van der Waals surface area contributed by atoms with Crippen molar-refractivity contribution in [2.24, 2.45) is 5.92 Å². The molecular weight excluding hydrogens is 224 g/mol. The highest BCUT2D eigenvalue weighted by molar-refractivity contribution is 5.83. The van der Waals surface area contributed by atoms with Crippen LogP contribution in [0, 0.1) is 12.8 Å². The second-order valence-electron chi connectivity index (χ2n) is 5.67. The number of fused-ring (bicyclic) bond motifs is 3. The fourth-order valence-corrected chi connectivity index (χ4v) is 3.15. The van der Waals surface area contributed by atoms with Crippen molar-refractivity contribution in [2.45, 2.75) is 39.5 Å². The van der Waals surface area contributed by atoms with E-state index in [9.17, 15) is 4.79 Å². The normalized spacial score (nSPS) is 18.6. The van der Waals surface area contributed by atoms with Crippen molar-refractivity contribution in [3.05, 3.63) is 45.3 Å². The third-order valence-corrected chi connectivity index (χ3v) is 4.08. The van der Waals surface area contributed by atoms with Gasteiger partial charge in [0.2, 0.25) is 0 Å². The van der Waals surface area contributed by atoms with Gasteiger partial charge in [-0.2, -0.15) is 0 Å². The molecule has 0 bridgehead atoms. The maximum Gasteiger partial charge on any atom is 0.339 e. The molecule has 0 saturated heterocycles. The van der Waals surface area contributed by atoms with Crippen LogP contribution in [0.1, 0.15) is 42.9 Å². The Kier molecular flexibility index (Phi) is 2.54. The molecule has 0 amide bonds. The van der Waals surface area contributed by atoms with Crippen LogP contribution in [-0.2, 0) is 6.42 Å². The molecule has 1 heterocycles. The molecule has 0 fully saturated rings. The van der Waals surface area contributed by atoms with Gasteiger partial charge in [0.25, 0.3) is 0 Å². The first kappa shape index (κ1) is 11.5. The van der Waals surface area contributed by atoms with Gasteiger partial charge >= 0.3 is 5.63 Å². The highest BCUT2D eigenvalue weighted by Crippen LogP contribution is 2.40. The number of rotatable bonds is 1. The van der Waals surface area contributed by atoms with Crippen molar-refractivity contribution in [1.29, 1.82) is 0 Å². The summed E-state index contributed by atoms with van der Waals surface area (Å²) >= 11 is 0. The Bertz CT molecular complexity index is 665. The molecule has 2 aromatic rings. The van der Waals surface area contributed by atoms with E-state index < -0.39 is 0 Å². The average Bonchev–Trinajstić information content (AvgIpc) is 2.76. The van der Waals surface area contributed by atoms with Crippen LogP contribution in [0.3, 0.4) is 0 Å². The van der Waals surface area contributed by atoms with Gasteiger partial charge in [-0.3, -0.25) is 0 Å². The van der Waals surface area contributed by atoms with E-state index in [-0.39, 0.29) is 5.63 Å². The van der Waals surface area contributed by atoms with E-state index >= 15 is 0 Å². The molecule has 0 saturated carbocycles. The minimum atomic E-state index is -0.135. The Morgan fingerprint density at radius 2 is 2.11 bits per heavy atom. The standard InChI is InChI=1S/C16H18O2/c1-9(2)11-5-6-12-15(11)13-8-10(3)4-7-14(13)18-16(12)17/h4,7-9,11H,5-6H2,1-3H3. The minimum Gasteiger partial charge on any atom is -0.423 e. The van der Waals surface area contributed by atoms with Gasteiger partial charge in [-0.05, 0) is 49.3 Å². The summed E-state index contributed by atoms with van der Waals surface area (Å²) in [6, 6.07) is 6.07. The molecule has 2 heteroatoms. The molecule has 1 aromatic heterocycles. The van der Waals surface area contributed by atoms with Crippen LogP contribution in [0.4, 0.5) is 0 Å². The van der Waals surface area contributed by atoms with Crippen LogP contribution >= 0.6 is 0 Å². The predicted octanol–water partition coefficient (Wildman–Crippen LogP) is 3.79. The fourth-order valence-electron chi connectivity index (χ4n) is 3.15. The van der Waals surface area contributed by atoms with Gasteiger partial charge in [0.1, 0.15) is 5.58 Å². The molecule has 0 N–H and O–H groups in total. The quantitative estimate of drug-likeness (QED) is 0.712. The third-order valence-electron chi connectivity index (χ3n) is 4.08. The lowest BCUT2D eigenvalue weighted by atomic mass is 9.88. The van der Waals surface area contributed by atoms with Crippen LogP contribution in [0.15, 0.2) is 27.4 Å². The minimum absolute atomic E-state index is 0.135. The van der Waals surface area contributed by atoms with Crippen molar-refractivity contribution >= 4 is 11.0 Å². The first-order valence-corrected chi connectivity index (χ1v) is 6.64. The molecule has 1 aliphatic carbocycles. The third kappa shape index (κ3) is 1.59. The summed E-state index contributed by atoms with van der Waals surface area (Å²) in [5.74, 6) is 1.06. The summed E-state index contributed by atoms with van der Waals surface area (Å²) in [6.45, 7) is 6.54. The van der Waals surface area contributed by atoms with E-state index in [4.69, 9.17) is 4.42 Å². The van der Waals surface area contributed by atoms with Crippen molar-refractivity contribution < 1.29 is 4.42 Å². The predicted molar refractivity (Wildman–Crippen MR) is 73.1 cm³/mol. The summed E-state index contributed by atoms with van der Waals surface area (Å²) in [6.07, 6.45) is 1.94. The molecular formula is C16H18O2. The van der Waals surface area contributed by atoms with Crippen molar-refractivity contribution in [3.8, 4) is 0 Å². The zero-order valence-corrected chi connectivity index (χ0v) is 11.1. The summed E-state index contributed by atoms with van der Waals surface area (Å²) in [7, 11) is 0. The Hall–Kier alpha value is -1.57. The lowest BCUT2D eigenvalue weighted by molar-refractivity contribution is 0.497. The highest BCUT2D eigenvalue weighted by atomic mass is 16.4. The Morgan fingerprint density at radius 3 is 2.83 bits per heavy atom. The molecule has 2 nitrogen and oxygen atoms in total. The summed E-state index contributed by atoms with van der Waals surface area (Å²) in [4.78, 5) is 12.0. The smallest absolute Gasteiger partial charge is 0.339 e. The van der Waals surface area contributed by atoms with Gasteiger partial charge in [0.05, 0.1) is 0 Å². The SMILES string of the molecule is Cc1ccc2oc(=O)c3c(c2c1)C(C(C)C)CC3. The maximum atomic E-state index is 12.0. The van der Waals surface area contributed by atoms with Crippen LogP contribution in [0.5, 0.6) is 0 Å². The average molecular weight is 242 g/mol. The summed E-state index contributed by atoms with van der Waals surface area (Å²) in [5, 5.41) is 1.14. The fraction of sp³-hybridized carbons (Fsp3) is 0.438. The first-order valence-electron chi connectivity index (χ1n) is 6.64. The monoisotopic (exact) mass is 242 g/mol. The lowest BCUT2D eigenvalue weighted by Crippen LogP contribution is -2.09. The summed E-state index contributed by atoms with van der Waals surface area (Å²) in [5.41, 5.74) is 3.97. The number of aryl methyl sites for hydroxylation is 1. The Labute approximate surface area is 107 Å². The first-order chi connectivity index (χ1) is 8.58. The summed E-state index contributed by atoms with van der Waals surface area (Å²) < 4.78 is 5.43. The molecule has 1 unspecified atom stereocenters.